The van der Waals surface area contributed by atoms with E-state index in [-0.39, 0.29) is 10.7 Å². The van der Waals surface area contributed by atoms with Crippen molar-refractivity contribution >= 4 is 15.9 Å². The zero-order chi connectivity index (χ0) is 10.7. The molecule has 0 fully saturated rings. The number of hydrogen-bond acceptors (Lipinski definition) is 0. The van der Waals surface area contributed by atoms with Crippen molar-refractivity contribution in [3.63, 3.8) is 0 Å². The van der Waals surface area contributed by atoms with Crippen LogP contribution < -0.4 is 0 Å². The maximum Gasteiger partial charge on any atom is 0.162 e. The molecule has 1 aromatic carbocycles. The van der Waals surface area contributed by atoms with Crippen LogP contribution in [0.5, 0.6) is 0 Å². The highest BCUT2D eigenvalue weighted by atomic mass is 79.9. The highest BCUT2D eigenvalue weighted by molar-refractivity contribution is 9.09. The standard InChI is InChI=1S/C11H13BrF2/c1-3-9(12)7(2)8-5-4-6-10(13)11(8)14/h4-7,9H,3H2,1-2H3. The molecule has 0 heterocycles. The monoisotopic (exact) mass is 262 g/mol. The van der Waals surface area contributed by atoms with Gasteiger partial charge in [0.15, 0.2) is 11.6 Å². The molecule has 3 heteroatoms. The van der Waals surface area contributed by atoms with Gasteiger partial charge in [-0.3, -0.25) is 0 Å². The van der Waals surface area contributed by atoms with Gasteiger partial charge >= 0.3 is 0 Å². The Morgan fingerprint density at radius 3 is 2.57 bits per heavy atom. The molecule has 1 rings (SSSR count). The first-order valence-corrected chi connectivity index (χ1v) is 5.57. The molecule has 0 N–H and O–H groups in total. The van der Waals surface area contributed by atoms with Gasteiger partial charge in [0.05, 0.1) is 0 Å². The largest absolute Gasteiger partial charge is 0.204 e. The second kappa shape index (κ2) is 4.87. The summed E-state index contributed by atoms with van der Waals surface area (Å²) in [5, 5.41) is 0. The van der Waals surface area contributed by atoms with Crippen molar-refractivity contribution < 1.29 is 8.78 Å². The van der Waals surface area contributed by atoms with Crippen molar-refractivity contribution in [3.8, 4) is 0 Å². The fourth-order valence-corrected chi connectivity index (χ4v) is 1.71. The molecule has 0 amide bonds. The first kappa shape index (κ1) is 11.6. The van der Waals surface area contributed by atoms with Crippen molar-refractivity contribution in [2.24, 2.45) is 0 Å². The van der Waals surface area contributed by atoms with Gasteiger partial charge in [-0.1, -0.05) is 41.9 Å². The number of rotatable bonds is 3. The van der Waals surface area contributed by atoms with Gasteiger partial charge in [-0.2, -0.15) is 0 Å². The van der Waals surface area contributed by atoms with Gasteiger partial charge < -0.3 is 0 Å². The third-order valence-corrected chi connectivity index (χ3v) is 3.85. The predicted octanol–water partition coefficient (Wildman–Crippen LogP) is 4.24. The second-order valence-corrected chi connectivity index (χ2v) is 4.53. The van der Waals surface area contributed by atoms with Crippen molar-refractivity contribution in [2.75, 3.05) is 0 Å². The minimum absolute atomic E-state index is 0.0179. The summed E-state index contributed by atoms with van der Waals surface area (Å²) in [6.45, 7) is 3.90. The average molecular weight is 263 g/mol. The van der Waals surface area contributed by atoms with E-state index >= 15 is 0 Å². The van der Waals surface area contributed by atoms with Crippen LogP contribution in [0.15, 0.2) is 18.2 Å². The van der Waals surface area contributed by atoms with Crippen LogP contribution in [0.25, 0.3) is 0 Å². The Hall–Kier alpha value is -0.440. The Bertz CT molecular complexity index is 312. The highest BCUT2D eigenvalue weighted by Crippen LogP contribution is 2.29. The molecule has 0 radical (unpaired) electrons. The number of benzene rings is 1. The van der Waals surface area contributed by atoms with E-state index in [1.54, 1.807) is 12.1 Å². The lowest BCUT2D eigenvalue weighted by Crippen LogP contribution is -2.10. The molecule has 0 bridgehead atoms. The Morgan fingerprint density at radius 1 is 1.36 bits per heavy atom. The zero-order valence-electron chi connectivity index (χ0n) is 8.23. The van der Waals surface area contributed by atoms with E-state index < -0.39 is 11.6 Å². The molecular formula is C11H13BrF2. The highest BCUT2D eigenvalue weighted by Gasteiger charge is 2.19. The van der Waals surface area contributed by atoms with Crippen LogP contribution in [0.4, 0.5) is 8.78 Å². The van der Waals surface area contributed by atoms with Crippen molar-refractivity contribution in [1.82, 2.24) is 0 Å². The molecular weight excluding hydrogens is 250 g/mol. The maximum absolute atomic E-state index is 13.4. The molecule has 0 nitrogen and oxygen atoms in total. The molecule has 0 aliphatic heterocycles. The Morgan fingerprint density at radius 2 is 2.00 bits per heavy atom. The molecule has 2 unspecified atom stereocenters. The Balaban J connectivity index is 3.01. The van der Waals surface area contributed by atoms with E-state index in [1.165, 1.54) is 0 Å². The van der Waals surface area contributed by atoms with Crippen LogP contribution in [0.2, 0.25) is 0 Å². The van der Waals surface area contributed by atoms with Crippen LogP contribution in [0.1, 0.15) is 31.7 Å². The van der Waals surface area contributed by atoms with Gasteiger partial charge in [0, 0.05) is 4.83 Å². The summed E-state index contributed by atoms with van der Waals surface area (Å²) in [6.07, 6.45) is 0.886. The minimum Gasteiger partial charge on any atom is -0.204 e. The molecule has 1 aromatic rings. The molecule has 0 aliphatic carbocycles. The third kappa shape index (κ3) is 2.32. The van der Waals surface area contributed by atoms with Gasteiger partial charge in [0.1, 0.15) is 0 Å². The Kier molecular flexibility index (Phi) is 4.05. The summed E-state index contributed by atoms with van der Waals surface area (Å²) in [5.41, 5.74) is 0.439. The fourth-order valence-electron chi connectivity index (χ4n) is 1.42. The fraction of sp³-hybridized carbons (Fsp3) is 0.455. The first-order chi connectivity index (χ1) is 6.57. The summed E-state index contributed by atoms with van der Waals surface area (Å²) in [5.74, 6) is -1.52. The van der Waals surface area contributed by atoms with Gasteiger partial charge in [0.25, 0.3) is 0 Å². The van der Waals surface area contributed by atoms with Gasteiger partial charge in [-0.25, -0.2) is 8.78 Å². The zero-order valence-corrected chi connectivity index (χ0v) is 9.81. The van der Waals surface area contributed by atoms with E-state index in [0.29, 0.717) is 5.56 Å². The quantitative estimate of drug-likeness (QED) is 0.715. The van der Waals surface area contributed by atoms with Crippen LogP contribution in [0.3, 0.4) is 0 Å². The summed E-state index contributed by atoms with van der Waals surface area (Å²) >= 11 is 3.45. The van der Waals surface area contributed by atoms with Crippen molar-refractivity contribution in [3.05, 3.63) is 35.4 Å². The predicted molar refractivity (Wildman–Crippen MR) is 57.8 cm³/mol. The van der Waals surface area contributed by atoms with E-state index in [2.05, 4.69) is 15.9 Å². The van der Waals surface area contributed by atoms with E-state index in [1.807, 2.05) is 13.8 Å². The van der Waals surface area contributed by atoms with Crippen LogP contribution in [-0.2, 0) is 0 Å². The number of halogens is 3. The number of alkyl halides is 1. The summed E-state index contributed by atoms with van der Waals surface area (Å²) < 4.78 is 26.3. The maximum atomic E-state index is 13.4. The second-order valence-electron chi connectivity index (χ2n) is 3.36. The SMILES string of the molecule is CCC(Br)C(C)c1cccc(F)c1F. The summed E-state index contributed by atoms with van der Waals surface area (Å²) in [7, 11) is 0. The molecule has 78 valence electrons. The van der Waals surface area contributed by atoms with Crippen molar-refractivity contribution in [1.29, 1.82) is 0 Å². The van der Waals surface area contributed by atoms with Crippen LogP contribution >= 0.6 is 15.9 Å². The summed E-state index contributed by atoms with van der Waals surface area (Å²) in [4.78, 5) is 0.179. The Labute approximate surface area is 91.5 Å². The normalized spacial score (nSPS) is 15.2. The van der Waals surface area contributed by atoms with E-state index in [0.717, 1.165) is 12.5 Å². The van der Waals surface area contributed by atoms with Crippen LogP contribution in [0, 0.1) is 11.6 Å². The molecule has 2 atom stereocenters. The average Bonchev–Trinajstić information content (AvgIpc) is 2.20. The van der Waals surface area contributed by atoms with Gasteiger partial charge in [0.2, 0.25) is 0 Å². The summed E-state index contributed by atoms with van der Waals surface area (Å²) in [6, 6.07) is 4.31. The molecule has 14 heavy (non-hydrogen) atoms. The van der Waals surface area contributed by atoms with Crippen molar-refractivity contribution in [2.45, 2.75) is 31.0 Å². The molecule has 0 aromatic heterocycles. The lowest BCUT2D eigenvalue weighted by Gasteiger charge is -2.17. The molecule has 0 saturated carbocycles. The molecule has 0 spiro atoms. The molecule has 0 saturated heterocycles. The van der Waals surface area contributed by atoms with E-state index in [9.17, 15) is 8.78 Å². The minimum atomic E-state index is -0.773. The van der Waals surface area contributed by atoms with Crippen LogP contribution in [-0.4, -0.2) is 4.83 Å². The lowest BCUT2D eigenvalue weighted by molar-refractivity contribution is 0.488. The lowest BCUT2D eigenvalue weighted by atomic mass is 9.96. The first-order valence-electron chi connectivity index (χ1n) is 4.65. The number of hydrogen-bond donors (Lipinski definition) is 0. The smallest absolute Gasteiger partial charge is 0.162 e. The third-order valence-electron chi connectivity index (χ3n) is 2.40. The van der Waals surface area contributed by atoms with Gasteiger partial charge in [-0.05, 0) is 24.0 Å². The topological polar surface area (TPSA) is 0 Å². The van der Waals surface area contributed by atoms with E-state index in [4.69, 9.17) is 0 Å². The van der Waals surface area contributed by atoms with Gasteiger partial charge in [-0.15, -0.1) is 0 Å². The molecule has 0 aliphatic rings.